The molecule has 3 aromatic carbocycles. The van der Waals surface area contributed by atoms with Gasteiger partial charge in [-0.25, -0.2) is 4.99 Å². The lowest BCUT2D eigenvalue weighted by Crippen LogP contribution is -2.28. The number of amides is 1. The van der Waals surface area contributed by atoms with Crippen molar-refractivity contribution in [1.29, 1.82) is 0 Å². The van der Waals surface area contributed by atoms with Gasteiger partial charge in [0.25, 0.3) is 5.91 Å². The highest BCUT2D eigenvalue weighted by Crippen LogP contribution is 2.38. The number of carbonyl (C=O) groups excluding carboxylic acids is 1. The Kier molecular flexibility index (Phi) is 7.05. The summed E-state index contributed by atoms with van der Waals surface area (Å²) in [6.45, 7) is 4.19. The van der Waals surface area contributed by atoms with Crippen molar-refractivity contribution in [2.75, 3.05) is 18.6 Å². The maximum absolute atomic E-state index is 13.5. The van der Waals surface area contributed by atoms with E-state index in [-0.39, 0.29) is 12.5 Å². The van der Waals surface area contributed by atoms with E-state index in [1.165, 1.54) is 11.8 Å². The van der Waals surface area contributed by atoms with Gasteiger partial charge in [0.15, 0.2) is 16.7 Å². The van der Waals surface area contributed by atoms with E-state index >= 15 is 0 Å². The maximum Gasteiger partial charge on any atom is 0.271 e. The second-order valence-corrected chi connectivity index (χ2v) is 8.73. The Morgan fingerprint density at radius 1 is 1.00 bits per heavy atom. The lowest BCUT2D eigenvalue weighted by atomic mass is 10.1. The minimum absolute atomic E-state index is 0.133. The fraction of sp³-hybridized carbons (Fsp3) is 0.143. The average molecular weight is 469 g/mol. The van der Waals surface area contributed by atoms with Crippen LogP contribution in [0.4, 0.5) is 11.4 Å². The first-order chi connectivity index (χ1) is 16.5. The predicted octanol–water partition coefficient (Wildman–Crippen LogP) is 6.13. The summed E-state index contributed by atoms with van der Waals surface area (Å²) < 4.78 is 11.0. The number of hydrogen-bond acceptors (Lipinski definition) is 5. The fourth-order valence-electron chi connectivity index (χ4n) is 3.36. The van der Waals surface area contributed by atoms with Gasteiger partial charge >= 0.3 is 0 Å². The lowest BCUT2D eigenvalue weighted by molar-refractivity contribution is -0.113. The minimum atomic E-state index is -0.133. The predicted molar refractivity (Wildman–Crippen MR) is 140 cm³/mol. The zero-order valence-electron chi connectivity index (χ0n) is 19.2. The van der Waals surface area contributed by atoms with E-state index in [0.29, 0.717) is 21.6 Å². The van der Waals surface area contributed by atoms with Gasteiger partial charge in [-0.15, -0.1) is 6.42 Å². The summed E-state index contributed by atoms with van der Waals surface area (Å²) >= 11 is 1.34. The van der Waals surface area contributed by atoms with Crippen LogP contribution >= 0.6 is 11.8 Å². The zero-order valence-corrected chi connectivity index (χ0v) is 20.1. The number of benzene rings is 3. The van der Waals surface area contributed by atoms with Crippen molar-refractivity contribution in [3.8, 4) is 23.8 Å². The van der Waals surface area contributed by atoms with E-state index in [1.54, 1.807) is 18.1 Å². The summed E-state index contributed by atoms with van der Waals surface area (Å²) in [6, 6.07) is 21.2. The van der Waals surface area contributed by atoms with Crippen LogP contribution in [0.1, 0.15) is 16.7 Å². The van der Waals surface area contributed by atoms with Crippen molar-refractivity contribution in [2.45, 2.75) is 13.8 Å². The number of rotatable bonds is 6. The number of terminal acetylenes is 1. The molecule has 170 valence electrons. The first-order valence-electron chi connectivity index (χ1n) is 10.7. The van der Waals surface area contributed by atoms with Crippen molar-refractivity contribution in [2.24, 2.45) is 4.99 Å². The topological polar surface area (TPSA) is 51.1 Å². The first-order valence-corrected chi connectivity index (χ1v) is 11.5. The van der Waals surface area contributed by atoms with Crippen LogP contribution in [-0.4, -0.2) is 24.8 Å². The molecular formula is C28H24N2O3S. The number of nitrogens with zero attached hydrogens (tertiary/aromatic N) is 2. The largest absolute Gasteiger partial charge is 0.493 e. The molecular weight excluding hydrogens is 444 g/mol. The van der Waals surface area contributed by atoms with Gasteiger partial charge in [-0.3, -0.25) is 9.69 Å². The first kappa shape index (κ1) is 23.2. The number of carbonyl (C=O) groups is 1. The van der Waals surface area contributed by atoms with Crippen LogP contribution in [0.2, 0.25) is 0 Å². The zero-order chi connectivity index (χ0) is 24.1. The second kappa shape index (κ2) is 10.3. The van der Waals surface area contributed by atoms with Crippen LogP contribution in [0.25, 0.3) is 6.08 Å². The highest BCUT2D eigenvalue weighted by Gasteiger charge is 2.34. The summed E-state index contributed by atoms with van der Waals surface area (Å²) in [7, 11) is 1.57. The molecule has 0 saturated carbocycles. The molecule has 0 atom stereocenters. The third-order valence-electron chi connectivity index (χ3n) is 5.15. The fourth-order valence-corrected chi connectivity index (χ4v) is 4.36. The molecule has 6 heteroatoms. The van der Waals surface area contributed by atoms with Crippen LogP contribution in [0.5, 0.6) is 11.5 Å². The molecule has 1 aliphatic rings. The van der Waals surface area contributed by atoms with E-state index in [0.717, 1.165) is 28.1 Å². The standard InChI is InChI=1S/C28H24N2O3S/c1-5-16-33-24-15-10-21(17-25(24)32-4)18-26-27(31)30(23-13-8-20(3)9-14-23)28(34-26)29-22-11-6-19(2)7-12-22/h1,6-15,17-18H,16H2,2-4H3/b26-18-,29-28?. The summed E-state index contributed by atoms with van der Waals surface area (Å²) in [5.41, 5.74) is 4.64. The van der Waals surface area contributed by atoms with Gasteiger partial charge in [-0.2, -0.15) is 0 Å². The second-order valence-electron chi connectivity index (χ2n) is 7.72. The third kappa shape index (κ3) is 5.16. The normalized spacial score (nSPS) is 15.6. The Balaban J connectivity index is 1.72. The third-order valence-corrected chi connectivity index (χ3v) is 6.12. The molecule has 0 aromatic heterocycles. The Hall–Kier alpha value is -3.95. The summed E-state index contributed by atoms with van der Waals surface area (Å²) in [5, 5.41) is 0.602. The maximum atomic E-state index is 13.5. The highest BCUT2D eigenvalue weighted by atomic mass is 32.2. The number of aliphatic imine (C=N–C) groups is 1. The molecule has 1 amide bonds. The van der Waals surface area contributed by atoms with E-state index in [9.17, 15) is 4.79 Å². The smallest absolute Gasteiger partial charge is 0.271 e. The minimum Gasteiger partial charge on any atom is -0.493 e. The molecule has 1 fully saturated rings. The van der Waals surface area contributed by atoms with E-state index in [4.69, 9.17) is 20.9 Å². The molecule has 0 bridgehead atoms. The van der Waals surface area contributed by atoms with Crippen LogP contribution in [0.15, 0.2) is 76.6 Å². The number of aryl methyl sites for hydroxylation is 2. The van der Waals surface area contributed by atoms with Crippen molar-refractivity contribution < 1.29 is 14.3 Å². The van der Waals surface area contributed by atoms with E-state index in [2.05, 4.69) is 5.92 Å². The number of thioether (sulfide) groups is 1. The van der Waals surface area contributed by atoms with Gasteiger partial charge < -0.3 is 9.47 Å². The number of methoxy groups -OCH3 is 1. The average Bonchev–Trinajstić information content (AvgIpc) is 3.14. The van der Waals surface area contributed by atoms with Crippen LogP contribution in [0, 0.1) is 26.2 Å². The number of amidine groups is 1. The van der Waals surface area contributed by atoms with Crippen LogP contribution in [-0.2, 0) is 4.79 Å². The molecule has 4 rings (SSSR count). The quantitative estimate of drug-likeness (QED) is 0.322. The van der Waals surface area contributed by atoms with Crippen molar-refractivity contribution in [3.63, 3.8) is 0 Å². The lowest BCUT2D eigenvalue weighted by Gasteiger charge is -2.16. The molecule has 0 radical (unpaired) electrons. The molecule has 34 heavy (non-hydrogen) atoms. The van der Waals surface area contributed by atoms with Gasteiger partial charge in [-0.05, 0) is 73.6 Å². The van der Waals surface area contributed by atoms with Crippen LogP contribution in [0.3, 0.4) is 0 Å². The molecule has 1 aliphatic heterocycles. The van der Waals surface area contributed by atoms with E-state index in [1.807, 2.05) is 80.6 Å². The van der Waals surface area contributed by atoms with Crippen molar-refractivity contribution in [3.05, 3.63) is 88.3 Å². The Bertz CT molecular complexity index is 1300. The molecule has 5 nitrogen and oxygen atoms in total. The highest BCUT2D eigenvalue weighted by molar-refractivity contribution is 8.19. The molecule has 0 unspecified atom stereocenters. The summed E-state index contributed by atoms with van der Waals surface area (Å²) in [6.07, 6.45) is 7.12. The molecule has 0 N–H and O–H groups in total. The van der Waals surface area contributed by atoms with E-state index < -0.39 is 0 Å². The number of anilines is 1. The van der Waals surface area contributed by atoms with Crippen LogP contribution < -0.4 is 14.4 Å². The monoisotopic (exact) mass is 468 g/mol. The Morgan fingerprint density at radius 2 is 1.68 bits per heavy atom. The van der Waals surface area contributed by atoms with Gasteiger partial charge in [0.2, 0.25) is 0 Å². The number of hydrogen-bond donors (Lipinski definition) is 0. The van der Waals surface area contributed by atoms with Gasteiger partial charge in [0.1, 0.15) is 6.61 Å². The molecule has 1 saturated heterocycles. The summed E-state index contributed by atoms with van der Waals surface area (Å²) in [4.78, 5) is 20.5. The Labute approximate surface area is 204 Å². The number of ether oxygens (including phenoxy) is 2. The van der Waals surface area contributed by atoms with Gasteiger partial charge in [0, 0.05) is 0 Å². The molecule has 0 spiro atoms. The van der Waals surface area contributed by atoms with Crippen molar-refractivity contribution >= 4 is 40.3 Å². The molecule has 0 aliphatic carbocycles. The molecule has 3 aromatic rings. The molecule has 1 heterocycles. The van der Waals surface area contributed by atoms with Gasteiger partial charge in [0.05, 0.1) is 23.4 Å². The summed E-state index contributed by atoms with van der Waals surface area (Å²) in [5.74, 6) is 3.41. The Morgan fingerprint density at radius 3 is 2.32 bits per heavy atom. The SMILES string of the molecule is C#CCOc1ccc(/C=C2\SC(=Nc3ccc(C)cc3)N(c3ccc(C)cc3)C2=O)cc1OC. The van der Waals surface area contributed by atoms with Gasteiger partial charge in [-0.1, -0.05) is 47.4 Å². The van der Waals surface area contributed by atoms with Crippen molar-refractivity contribution in [1.82, 2.24) is 0 Å².